The summed E-state index contributed by atoms with van der Waals surface area (Å²) in [5.74, 6) is 1.94. The Morgan fingerprint density at radius 3 is 2.40 bits per heavy atom. The highest BCUT2D eigenvalue weighted by molar-refractivity contribution is 4.90. The van der Waals surface area contributed by atoms with Gasteiger partial charge in [0, 0.05) is 13.1 Å². The van der Waals surface area contributed by atoms with Crippen molar-refractivity contribution in [2.24, 2.45) is 11.8 Å². The molecule has 0 radical (unpaired) electrons. The van der Waals surface area contributed by atoms with Crippen LogP contribution in [0.4, 0.5) is 0 Å². The summed E-state index contributed by atoms with van der Waals surface area (Å²) in [5.41, 5.74) is 0. The highest BCUT2D eigenvalue weighted by Crippen LogP contribution is 2.25. The van der Waals surface area contributed by atoms with Crippen LogP contribution in [0.2, 0.25) is 0 Å². The van der Waals surface area contributed by atoms with Crippen molar-refractivity contribution in [3.05, 3.63) is 0 Å². The summed E-state index contributed by atoms with van der Waals surface area (Å²) in [4.78, 5) is 2.57. The van der Waals surface area contributed by atoms with Crippen molar-refractivity contribution < 1.29 is 0 Å². The Kier molecular flexibility index (Phi) is 1.66. The largest absolute Gasteiger partial charge is 0.316 e. The average Bonchev–Trinajstić information content (AvgIpc) is 2.42. The van der Waals surface area contributed by atoms with Crippen LogP contribution < -0.4 is 5.32 Å². The second-order valence-corrected chi connectivity index (χ2v) is 3.53. The molecule has 0 aromatic carbocycles. The lowest BCUT2D eigenvalue weighted by atomic mass is 10.0. The number of hydrogen-bond donors (Lipinski definition) is 1. The van der Waals surface area contributed by atoms with Gasteiger partial charge in [-0.25, -0.2) is 0 Å². The number of fused-ring (bicyclic) bond motifs is 1. The monoisotopic (exact) mass is 140 g/mol. The number of likely N-dealkylation sites (tertiary alicyclic amines) is 1. The van der Waals surface area contributed by atoms with E-state index in [4.69, 9.17) is 0 Å². The molecule has 2 saturated heterocycles. The highest BCUT2D eigenvalue weighted by Gasteiger charge is 2.34. The lowest BCUT2D eigenvalue weighted by molar-refractivity contribution is 0.330. The van der Waals surface area contributed by atoms with Crippen LogP contribution in [0.15, 0.2) is 0 Å². The van der Waals surface area contributed by atoms with Crippen LogP contribution in [0.25, 0.3) is 0 Å². The molecule has 2 aliphatic rings. The second-order valence-electron chi connectivity index (χ2n) is 3.53. The van der Waals surface area contributed by atoms with Crippen LogP contribution in [-0.4, -0.2) is 37.6 Å². The molecule has 0 spiro atoms. The zero-order valence-electron chi connectivity index (χ0n) is 6.64. The van der Waals surface area contributed by atoms with Crippen LogP contribution in [0.1, 0.15) is 6.92 Å². The summed E-state index contributed by atoms with van der Waals surface area (Å²) in [5, 5.41) is 3.44. The van der Waals surface area contributed by atoms with Crippen molar-refractivity contribution in [1.82, 2.24) is 10.2 Å². The van der Waals surface area contributed by atoms with Crippen molar-refractivity contribution in [1.29, 1.82) is 0 Å². The molecule has 2 unspecified atom stereocenters. The number of nitrogens with one attached hydrogen (secondary N) is 1. The second kappa shape index (κ2) is 2.51. The molecule has 2 aliphatic heterocycles. The molecule has 0 aliphatic carbocycles. The molecule has 2 rings (SSSR count). The molecular weight excluding hydrogens is 124 g/mol. The first-order valence-corrected chi connectivity index (χ1v) is 4.33. The molecule has 2 fully saturated rings. The SMILES string of the molecule is CCN1CC2CNCC2C1. The molecule has 58 valence electrons. The van der Waals surface area contributed by atoms with Gasteiger partial charge in [-0.05, 0) is 31.5 Å². The average molecular weight is 140 g/mol. The minimum atomic E-state index is 0.972. The Hall–Kier alpha value is -0.0800. The Morgan fingerprint density at radius 2 is 1.90 bits per heavy atom. The van der Waals surface area contributed by atoms with E-state index >= 15 is 0 Å². The van der Waals surface area contributed by atoms with E-state index in [-0.39, 0.29) is 0 Å². The molecule has 10 heavy (non-hydrogen) atoms. The van der Waals surface area contributed by atoms with E-state index in [0.29, 0.717) is 0 Å². The summed E-state index contributed by atoms with van der Waals surface area (Å²) in [6.07, 6.45) is 0. The van der Waals surface area contributed by atoms with Crippen molar-refractivity contribution in [3.8, 4) is 0 Å². The maximum atomic E-state index is 3.44. The lowest BCUT2D eigenvalue weighted by Crippen LogP contribution is -2.25. The summed E-state index contributed by atoms with van der Waals surface area (Å²) in [6.45, 7) is 8.71. The Morgan fingerprint density at radius 1 is 1.30 bits per heavy atom. The number of nitrogens with zero attached hydrogens (tertiary/aromatic N) is 1. The summed E-state index contributed by atoms with van der Waals surface area (Å²) in [6, 6.07) is 0. The molecular formula is C8H16N2. The summed E-state index contributed by atoms with van der Waals surface area (Å²) < 4.78 is 0. The van der Waals surface area contributed by atoms with Crippen molar-refractivity contribution in [2.45, 2.75) is 6.92 Å². The lowest BCUT2D eigenvalue weighted by Gasteiger charge is -2.12. The smallest absolute Gasteiger partial charge is 0.00254 e. The first-order valence-electron chi connectivity index (χ1n) is 4.33. The van der Waals surface area contributed by atoms with Gasteiger partial charge < -0.3 is 10.2 Å². The van der Waals surface area contributed by atoms with Gasteiger partial charge in [-0.15, -0.1) is 0 Å². The van der Waals surface area contributed by atoms with E-state index in [9.17, 15) is 0 Å². The van der Waals surface area contributed by atoms with E-state index in [1.165, 1.54) is 32.7 Å². The topological polar surface area (TPSA) is 15.3 Å². The van der Waals surface area contributed by atoms with Crippen LogP contribution in [0, 0.1) is 11.8 Å². The van der Waals surface area contributed by atoms with Gasteiger partial charge >= 0.3 is 0 Å². The van der Waals surface area contributed by atoms with Gasteiger partial charge in [-0.3, -0.25) is 0 Å². The zero-order valence-corrected chi connectivity index (χ0v) is 6.64. The molecule has 0 bridgehead atoms. The van der Waals surface area contributed by atoms with Crippen molar-refractivity contribution in [3.63, 3.8) is 0 Å². The predicted molar refractivity (Wildman–Crippen MR) is 42.0 cm³/mol. The van der Waals surface area contributed by atoms with Crippen LogP contribution in [0.3, 0.4) is 0 Å². The summed E-state index contributed by atoms with van der Waals surface area (Å²) in [7, 11) is 0. The minimum Gasteiger partial charge on any atom is -0.316 e. The van der Waals surface area contributed by atoms with E-state index < -0.39 is 0 Å². The Bertz CT molecular complexity index is 112. The fourth-order valence-electron chi connectivity index (χ4n) is 2.21. The molecule has 0 saturated carbocycles. The molecule has 0 amide bonds. The summed E-state index contributed by atoms with van der Waals surface area (Å²) >= 11 is 0. The maximum Gasteiger partial charge on any atom is 0.00254 e. The van der Waals surface area contributed by atoms with Crippen LogP contribution >= 0.6 is 0 Å². The van der Waals surface area contributed by atoms with Gasteiger partial charge in [0.25, 0.3) is 0 Å². The first kappa shape index (κ1) is 6.62. The zero-order chi connectivity index (χ0) is 6.97. The van der Waals surface area contributed by atoms with Gasteiger partial charge in [0.05, 0.1) is 0 Å². The third-order valence-electron chi connectivity index (χ3n) is 2.91. The normalized spacial score (nSPS) is 40.5. The number of hydrogen-bond acceptors (Lipinski definition) is 2. The molecule has 0 aromatic heterocycles. The van der Waals surface area contributed by atoms with Gasteiger partial charge in [0.2, 0.25) is 0 Å². The number of rotatable bonds is 1. The van der Waals surface area contributed by atoms with Crippen LogP contribution in [0.5, 0.6) is 0 Å². The van der Waals surface area contributed by atoms with Gasteiger partial charge in [0.1, 0.15) is 0 Å². The van der Waals surface area contributed by atoms with Crippen LogP contribution in [-0.2, 0) is 0 Å². The molecule has 2 nitrogen and oxygen atoms in total. The van der Waals surface area contributed by atoms with E-state index in [0.717, 1.165) is 11.8 Å². The third-order valence-corrected chi connectivity index (χ3v) is 2.91. The predicted octanol–water partition coefficient (Wildman–Crippen LogP) is 0.158. The quantitative estimate of drug-likeness (QED) is 0.558. The molecule has 1 N–H and O–H groups in total. The van der Waals surface area contributed by atoms with Gasteiger partial charge in [-0.1, -0.05) is 6.92 Å². The molecule has 0 aromatic rings. The maximum absolute atomic E-state index is 3.44. The van der Waals surface area contributed by atoms with E-state index in [2.05, 4.69) is 17.1 Å². The standard InChI is InChI=1S/C8H16N2/c1-2-10-5-7-3-9-4-8(7)6-10/h7-9H,2-6H2,1H3. The van der Waals surface area contributed by atoms with Crippen molar-refractivity contribution >= 4 is 0 Å². The van der Waals surface area contributed by atoms with E-state index in [1.807, 2.05) is 0 Å². The molecule has 2 heteroatoms. The highest BCUT2D eigenvalue weighted by atomic mass is 15.2. The Balaban J connectivity index is 1.94. The van der Waals surface area contributed by atoms with Gasteiger partial charge in [0.15, 0.2) is 0 Å². The fourth-order valence-corrected chi connectivity index (χ4v) is 2.21. The minimum absolute atomic E-state index is 0.972. The Labute approximate surface area is 62.6 Å². The first-order chi connectivity index (χ1) is 4.90. The fraction of sp³-hybridized carbons (Fsp3) is 1.00. The van der Waals surface area contributed by atoms with E-state index in [1.54, 1.807) is 0 Å². The van der Waals surface area contributed by atoms with Gasteiger partial charge in [-0.2, -0.15) is 0 Å². The third kappa shape index (κ3) is 0.956. The molecule has 2 atom stereocenters. The van der Waals surface area contributed by atoms with Crippen molar-refractivity contribution in [2.75, 3.05) is 32.7 Å². The molecule has 2 heterocycles.